The minimum Gasteiger partial charge on any atom is -0.477 e. The first-order valence-corrected chi connectivity index (χ1v) is 11.7. The molecule has 0 radical (unpaired) electrons. The quantitative estimate of drug-likeness (QED) is 0.389. The van der Waals surface area contributed by atoms with Gasteiger partial charge >= 0.3 is 5.97 Å². The van der Waals surface area contributed by atoms with Gasteiger partial charge in [0.25, 0.3) is 0 Å². The molecule has 3 aliphatic heterocycles. The van der Waals surface area contributed by atoms with Crippen molar-refractivity contribution in [1.82, 2.24) is 15.5 Å². The minimum absolute atomic E-state index is 0.0203. The minimum atomic E-state index is -3.12. The summed E-state index contributed by atoms with van der Waals surface area (Å²) in [5.41, 5.74) is 0.0203. The number of nitrogens with one attached hydrogen (secondary N) is 2. The average Bonchev–Trinajstić information content (AvgIpc) is 3.07. The Morgan fingerprint density at radius 3 is 2.70 bits per heavy atom. The van der Waals surface area contributed by atoms with Crippen LogP contribution in [-0.2, 0) is 19.4 Å². The van der Waals surface area contributed by atoms with Crippen LogP contribution in [0, 0.1) is 11.8 Å². The highest BCUT2D eigenvalue weighted by molar-refractivity contribution is 8.03. The number of amides is 1. The summed E-state index contributed by atoms with van der Waals surface area (Å²) in [5, 5.41) is 25.7. The molecular formula is C16H25N3O6S2. The number of thioether (sulfide) groups is 1. The lowest BCUT2D eigenvalue weighted by Crippen LogP contribution is -2.63. The summed E-state index contributed by atoms with van der Waals surface area (Å²) in [6, 6.07) is -0.320. The van der Waals surface area contributed by atoms with Gasteiger partial charge in [0.05, 0.1) is 24.2 Å². The predicted octanol–water partition coefficient (Wildman–Crippen LogP) is -0.847. The van der Waals surface area contributed by atoms with Gasteiger partial charge in [-0.05, 0) is 13.3 Å². The van der Waals surface area contributed by atoms with Gasteiger partial charge in [-0.25, -0.2) is 13.2 Å². The van der Waals surface area contributed by atoms with E-state index in [0.717, 1.165) is 6.26 Å². The van der Waals surface area contributed by atoms with Crippen molar-refractivity contribution < 1.29 is 28.2 Å². The number of carboxylic acid groups (broad SMARTS) is 1. The molecule has 0 aromatic heterocycles. The van der Waals surface area contributed by atoms with Crippen molar-refractivity contribution in [2.24, 2.45) is 11.8 Å². The molecule has 0 spiro atoms. The number of carboxylic acids is 1. The van der Waals surface area contributed by atoms with E-state index in [2.05, 4.69) is 10.6 Å². The number of aliphatic carboxylic acids is 1. The van der Waals surface area contributed by atoms with Gasteiger partial charge in [0, 0.05) is 28.9 Å². The number of aliphatic hydroxyl groups is 1. The number of nitrogens with zero attached hydrogens (tertiary/aromatic N) is 1. The molecule has 3 aliphatic rings. The predicted molar refractivity (Wildman–Crippen MR) is 100 cm³/mol. The third-order valence-corrected chi connectivity index (χ3v) is 7.49. The van der Waals surface area contributed by atoms with Crippen LogP contribution in [0.3, 0.4) is 0 Å². The number of aliphatic hydroxyl groups excluding tert-OH is 1. The lowest BCUT2D eigenvalue weighted by molar-refractivity contribution is -0.163. The number of β-lactam (4-membered cyclic amide) rings is 1. The lowest BCUT2D eigenvalue weighted by Gasteiger charge is -2.46. The Morgan fingerprint density at radius 2 is 2.15 bits per heavy atom. The normalized spacial score (nSPS) is 34.6. The highest BCUT2D eigenvalue weighted by atomic mass is 32.2. The summed E-state index contributed by atoms with van der Waals surface area (Å²) in [7, 11) is -3.12. The van der Waals surface area contributed by atoms with E-state index in [1.54, 1.807) is 6.92 Å². The first-order valence-electron chi connectivity index (χ1n) is 8.81. The van der Waals surface area contributed by atoms with E-state index < -0.39 is 27.8 Å². The summed E-state index contributed by atoms with van der Waals surface area (Å²) < 4.78 is 22.6. The van der Waals surface area contributed by atoms with Gasteiger partial charge in [-0.1, -0.05) is 6.92 Å². The molecule has 0 aromatic rings. The van der Waals surface area contributed by atoms with Crippen LogP contribution in [-0.4, -0.2) is 77.6 Å². The van der Waals surface area contributed by atoms with Crippen LogP contribution in [0.15, 0.2) is 10.6 Å². The monoisotopic (exact) mass is 419 g/mol. The maximum atomic E-state index is 12.3. The largest absolute Gasteiger partial charge is 0.477 e. The zero-order valence-corrected chi connectivity index (χ0v) is 17.0. The van der Waals surface area contributed by atoms with Crippen molar-refractivity contribution in [2.45, 2.75) is 43.8 Å². The maximum absolute atomic E-state index is 12.3. The number of carbonyl (C=O) groups excluding carboxylic acids is 1. The molecule has 2 fully saturated rings. The Morgan fingerprint density at radius 1 is 1.48 bits per heavy atom. The number of fused-ring (bicyclic) bond motifs is 1. The van der Waals surface area contributed by atoms with Crippen LogP contribution in [0.4, 0.5) is 0 Å². The van der Waals surface area contributed by atoms with E-state index in [1.807, 2.05) is 6.92 Å². The third kappa shape index (κ3) is 3.88. The average molecular weight is 420 g/mol. The van der Waals surface area contributed by atoms with Crippen LogP contribution in [0.25, 0.3) is 0 Å². The SMILES string of the molecule is C[C@@H](O)[C@H]1C(=O)N2C(C(=O)O)=C(SC3CN[C@H](NCS(C)(=O)=O)C3)[C@H](C)[C@H]12. The molecular weight excluding hydrogens is 394 g/mol. The fourth-order valence-electron chi connectivity index (χ4n) is 4.06. The van der Waals surface area contributed by atoms with Crippen LogP contribution in [0.5, 0.6) is 0 Å². The Hall–Kier alpha value is -1.14. The standard InChI is InChI=1S/C16H25N3O6S2/c1-7-12-11(8(2)20)15(21)19(12)13(16(22)23)14(7)26-9-4-10(17-5-9)18-6-27(3,24)25/h7-12,17-18,20H,4-6H2,1-3H3,(H,22,23)/t7-,8-,9?,10-,11-,12-/m1/s1. The molecule has 4 N–H and O–H groups in total. The van der Waals surface area contributed by atoms with E-state index in [-0.39, 0.29) is 40.9 Å². The summed E-state index contributed by atoms with van der Waals surface area (Å²) in [4.78, 5) is 26.1. The van der Waals surface area contributed by atoms with Crippen molar-refractivity contribution in [3.8, 4) is 0 Å². The zero-order chi connectivity index (χ0) is 20.1. The molecule has 11 heteroatoms. The molecule has 6 atom stereocenters. The van der Waals surface area contributed by atoms with Crippen LogP contribution >= 0.6 is 11.8 Å². The van der Waals surface area contributed by atoms with Crippen molar-refractivity contribution in [3.63, 3.8) is 0 Å². The number of hydrogen-bond acceptors (Lipinski definition) is 8. The van der Waals surface area contributed by atoms with Gasteiger partial charge in [0.1, 0.15) is 11.6 Å². The van der Waals surface area contributed by atoms with Crippen LogP contribution in [0.1, 0.15) is 20.3 Å². The highest BCUT2D eigenvalue weighted by Gasteiger charge is 2.60. The molecule has 0 aliphatic carbocycles. The molecule has 27 heavy (non-hydrogen) atoms. The van der Waals surface area contributed by atoms with E-state index in [1.165, 1.54) is 16.7 Å². The molecule has 0 saturated carbocycles. The highest BCUT2D eigenvalue weighted by Crippen LogP contribution is 2.51. The van der Waals surface area contributed by atoms with Crippen LogP contribution in [0.2, 0.25) is 0 Å². The number of hydrogen-bond donors (Lipinski definition) is 4. The zero-order valence-electron chi connectivity index (χ0n) is 15.4. The van der Waals surface area contributed by atoms with Gasteiger partial charge < -0.3 is 20.4 Å². The molecule has 0 bridgehead atoms. The molecule has 1 amide bonds. The molecule has 0 aromatic carbocycles. The number of carbonyl (C=O) groups is 2. The molecule has 1 unspecified atom stereocenters. The third-order valence-electron chi connectivity index (χ3n) is 5.29. The van der Waals surface area contributed by atoms with E-state index in [9.17, 15) is 28.2 Å². The fourth-order valence-corrected chi connectivity index (χ4v) is 6.04. The second kappa shape index (κ2) is 7.36. The van der Waals surface area contributed by atoms with Gasteiger partial charge in [-0.3, -0.25) is 10.1 Å². The topological polar surface area (TPSA) is 136 Å². The van der Waals surface area contributed by atoms with Crippen molar-refractivity contribution in [3.05, 3.63) is 10.6 Å². The lowest BCUT2D eigenvalue weighted by atomic mass is 9.79. The van der Waals surface area contributed by atoms with E-state index in [4.69, 9.17) is 0 Å². The fraction of sp³-hybridized carbons (Fsp3) is 0.750. The summed E-state index contributed by atoms with van der Waals surface area (Å²) in [5.74, 6) is -2.34. The number of sulfone groups is 1. The second-order valence-electron chi connectivity index (χ2n) is 7.48. The van der Waals surface area contributed by atoms with Crippen molar-refractivity contribution in [1.29, 1.82) is 0 Å². The second-order valence-corrected chi connectivity index (χ2v) is 11.0. The van der Waals surface area contributed by atoms with Crippen molar-refractivity contribution >= 4 is 33.5 Å². The van der Waals surface area contributed by atoms with Gasteiger partial charge in [-0.15, -0.1) is 11.8 Å². The van der Waals surface area contributed by atoms with Gasteiger partial charge in [0.2, 0.25) is 5.91 Å². The Bertz CT molecular complexity index is 781. The molecule has 2 saturated heterocycles. The molecule has 9 nitrogen and oxygen atoms in total. The van der Waals surface area contributed by atoms with Crippen molar-refractivity contribution in [2.75, 3.05) is 18.7 Å². The summed E-state index contributed by atoms with van der Waals surface area (Å²) in [6.07, 6.45) is 0.817. The maximum Gasteiger partial charge on any atom is 0.353 e. The Kier molecular flexibility index (Phi) is 5.61. The Labute approximate surface area is 162 Å². The molecule has 152 valence electrons. The van der Waals surface area contributed by atoms with Gasteiger partial charge in [0.15, 0.2) is 9.84 Å². The smallest absolute Gasteiger partial charge is 0.353 e. The summed E-state index contributed by atoms with van der Waals surface area (Å²) >= 11 is 1.43. The Balaban J connectivity index is 1.71. The number of rotatable bonds is 7. The molecule has 3 rings (SSSR count). The first kappa shape index (κ1) is 20.6. The summed E-state index contributed by atoms with van der Waals surface area (Å²) in [6.45, 7) is 4.05. The first-order chi connectivity index (χ1) is 12.5. The van der Waals surface area contributed by atoms with E-state index >= 15 is 0 Å². The van der Waals surface area contributed by atoms with Gasteiger partial charge in [-0.2, -0.15) is 0 Å². The molecule has 3 heterocycles. The van der Waals surface area contributed by atoms with Crippen LogP contribution < -0.4 is 10.6 Å². The van der Waals surface area contributed by atoms with E-state index in [0.29, 0.717) is 17.9 Å².